The Morgan fingerprint density at radius 1 is 0.466 bits per heavy atom. The molecular weight excluding hydrogens is 758 g/mol. The van der Waals surface area contributed by atoms with E-state index in [-0.39, 0.29) is 49.9 Å². The number of amides is 6. The molecule has 0 aromatic heterocycles. The van der Waals surface area contributed by atoms with Gasteiger partial charge in [0.1, 0.15) is 36.3 Å². The molecule has 0 saturated carbocycles. The molecule has 0 aliphatic rings. The molecule has 0 rings (SSSR count). The minimum atomic E-state index is -1.71. The summed E-state index contributed by atoms with van der Waals surface area (Å²) in [5.41, 5.74) is 0. The van der Waals surface area contributed by atoms with Crippen molar-refractivity contribution in [1.82, 2.24) is 37.2 Å². The summed E-state index contributed by atoms with van der Waals surface area (Å²) in [4.78, 5) is 116. The SMILES string of the molecule is CC[C@H](C)[C@H](NC(=O)[C@H](CC(C)C)NC(=O)[C@H](CC(=O)O)NC(=O)[C@@H](NC(=O)[C@H](CC(C)C)NC(=O)[C@H](CC(C)C)NC(=O)[C@H](CCC(=O)O)NC)C(C)C)C(=O)O. The number of hydrogen-bond acceptors (Lipinski definition) is 10. The Bertz CT molecular complexity index is 1420. The Balaban J connectivity index is 6.33. The quantitative estimate of drug-likeness (QED) is 0.0522. The summed E-state index contributed by atoms with van der Waals surface area (Å²) in [5, 5.41) is 46.4. The fraction of sp³-hybridized carbons (Fsp3) is 0.769. The lowest BCUT2D eigenvalue weighted by Crippen LogP contribution is -2.61. The molecule has 0 aromatic carbocycles. The summed E-state index contributed by atoms with van der Waals surface area (Å²) < 4.78 is 0. The maximum absolute atomic E-state index is 13.8. The fourth-order valence-electron chi connectivity index (χ4n) is 5.97. The summed E-state index contributed by atoms with van der Waals surface area (Å²) in [6.45, 7) is 17.4. The van der Waals surface area contributed by atoms with Crippen LogP contribution in [0.15, 0.2) is 0 Å². The number of carboxylic acids is 3. The highest BCUT2D eigenvalue weighted by Gasteiger charge is 2.36. The van der Waals surface area contributed by atoms with E-state index in [0.29, 0.717) is 6.42 Å². The van der Waals surface area contributed by atoms with Crippen molar-refractivity contribution in [2.24, 2.45) is 29.6 Å². The van der Waals surface area contributed by atoms with Crippen LogP contribution in [-0.2, 0) is 43.2 Å². The molecule has 0 aliphatic carbocycles. The average Bonchev–Trinajstić information content (AvgIpc) is 3.09. The van der Waals surface area contributed by atoms with E-state index >= 15 is 0 Å². The number of nitrogens with one attached hydrogen (secondary N) is 7. The van der Waals surface area contributed by atoms with Crippen LogP contribution in [0.25, 0.3) is 0 Å². The number of likely N-dealkylation sites (N-methyl/N-ethyl adjacent to an activating group) is 1. The van der Waals surface area contributed by atoms with Gasteiger partial charge >= 0.3 is 17.9 Å². The highest BCUT2D eigenvalue weighted by molar-refractivity contribution is 5.98. The van der Waals surface area contributed by atoms with Gasteiger partial charge in [-0.05, 0) is 62.3 Å². The first-order chi connectivity index (χ1) is 26.8. The number of hydrogen-bond donors (Lipinski definition) is 10. The number of carboxylic acid groups (broad SMARTS) is 3. The van der Waals surface area contributed by atoms with Gasteiger partial charge in [0.05, 0.1) is 12.5 Å². The number of rotatable bonds is 28. The van der Waals surface area contributed by atoms with Gasteiger partial charge in [-0.25, -0.2) is 4.79 Å². The van der Waals surface area contributed by atoms with Gasteiger partial charge in [0, 0.05) is 6.42 Å². The third kappa shape index (κ3) is 20.1. The predicted octanol–water partition coefficient (Wildman–Crippen LogP) is 0.748. The molecule has 0 radical (unpaired) electrons. The van der Waals surface area contributed by atoms with Gasteiger partial charge in [-0.3, -0.25) is 38.4 Å². The molecule has 0 fully saturated rings. The first-order valence-electron chi connectivity index (χ1n) is 20.0. The zero-order valence-corrected chi connectivity index (χ0v) is 35.9. The first kappa shape index (κ1) is 53.2. The van der Waals surface area contributed by atoms with Gasteiger partial charge in [0.25, 0.3) is 0 Å². The second-order valence-electron chi connectivity index (χ2n) is 16.4. The van der Waals surface area contributed by atoms with E-state index < -0.39 is 114 Å². The summed E-state index contributed by atoms with van der Waals surface area (Å²) >= 11 is 0. The minimum absolute atomic E-state index is 0.0286. The largest absolute Gasteiger partial charge is 0.481 e. The predicted molar refractivity (Wildman–Crippen MR) is 214 cm³/mol. The van der Waals surface area contributed by atoms with Gasteiger partial charge < -0.3 is 52.5 Å². The molecule has 10 N–H and O–H groups in total. The van der Waals surface area contributed by atoms with Crippen molar-refractivity contribution in [3.8, 4) is 0 Å². The van der Waals surface area contributed by atoms with Crippen LogP contribution in [0.2, 0.25) is 0 Å². The standard InChI is InChI=1S/C39H69N7O12/c1-12-23(10)32(39(57)58)46-37(55)27(17-21(6)7)43-35(53)28(18-30(49)50)44-38(56)31(22(8)9)45-36(54)26(16-20(4)5)42-34(52)25(15-19(2)3)41-33(51)24(40-11)13-14-29(47)48/h19-28,31-32,40H,12-18H2,1-11H3,(H,41,51)(H,42,52)(H,43,53)(H,44,56)(H,45,54)(H,46,55)(H,47,48)(H,49,50)(H,57,58)/t23-,24-,25-,26-,27-,28-,31-,32-/m0/s1. The van der Waals surface area contributed by atoms with E-state index in [0.717, 1.165) is 0 Å². The Hall–Kier alpha value is -4.81. The van der Waals surface area contributed by atoms with Crippen molar-refractivity contribution in [3.05, 3.63) is 0 Å². The number of carbonyl (C=O) groups excluding carboxylic acids is 6. The first-order valence-corrected chi connectivity index (χ1v) is 20.0. The molecular formula is C39H69N7O12. The van der Waals surface area contributed by atoms with Gasteiger partial charge in [0.2, 0.25) is 35.4 Å². The molecule has 332 valence electrons. The number of carbonyl (C=O) groups is 9. The molecule has 0 aromatic rings. The topological polar surface area (TPSA) is 299 Å². The van der Waals surface area contributed by atoms with E-state index in [9.17, 15) is 53.4 Å². The van der Waals surface area contributed by atoms with Gasteiger partial charge in [-0.1, -0.05) is 75.7 Å². The molecule has 58 heavy (non-hydrogen) atoms. The fourth-order valence-corrected chi connectivity index (χ4v) is 5.97. The van der Waals surface area contributed by atoms with Crippen molar-refractivity contribution in [2.75, 3.05) is 7.05 Å². The zero-order valence-electron chi connectivity index (χ0n) is 35.9. The Kier molecular flexibility index (Phi) is 24.1. The van der Waals surface area contributed by atoms with E-state index in [2.05, 4.69) is 37.2 Å². The molecule has 8 atom stereocenters. The molecule has 0 spiro atoms. The van der Waals surface area contributed by atoms with E-state index in [1.807, 2.05) is 13.8 Å². The van der Waals surface area contributed by atoms with Crippen LogP contribution in [0.5, 0.6) is 0 Å². The van der Waals surface area contributed by atoms with Gasteiger partial charge in [0.15, 0.2) is 0 Å². The van der Waals surface area contributed by atoms with E-state index in [1.165, 1.54) is 7.05 Å². The molecule has 6 amide bonds. The highest BCUT2D eigenvalue weighted by atomic mass is 16.4. The molecule has 0 bridgehead atoms. The van der Waals surface area contributed by atoms with E-state index in [1.54, 1.807) is 55.4 Å². The molecule has 19 nitrogen and oxygen atoms in total. The molecule has 0 saturated heterocycles. The summed E-state index contributed by atoms with van der Waals surface area (Å²) in [5.74, 6) is -10.0. The van der Waals surface area contributed by atoms with Crippen LogP contribution in [0.4, 0.5) is 0 Å². The normalized spacial score (nSPS) is 15.6. The van der Waals surface area contributed by atoms with Crippen molar-refractivity contribution in [1.29, 1.82) is 0 Å². The van der Waals surface area contributed by atoms with Crippen LogP contribution < -0.4 is 37.2 Å². The maximum atomic E-state index is 13.8. The van der Waals surface area contributed by atoms with Gasteiger partial charge in [-0.15, -0.1) is 0 Å². The van der Waals surface area contributed by atoms with Crippen LogP contribution >= 0.6 is 0 Å². The summed E-state index contributed by atoms with van der Waals surface area (Å²) in [6.07, 6.45) is -0.399. The zero-order chi connectivity index (χ0) is 45.0. The average molecular weight is 828 g/mol. The lowest BCUT2D eigenvalue weighted by molar-refractivity contribution is -0.144. The lowest BCUT2D eigenvalue weighted by atomic mass is 9.97. The Morgan fingerprint density at radius 2 is 0.828 bits per heavy atom. The monoisotopic (exact) mass is 828 g/mol. The minimum Gasteiger partial charge on any atom is -0.481 e. The summed E-state index contributed by atoms with van der Waals surface area (Å²) in [6, 6.07) is -8.76. The Morgan fingerprint density at radius 3 is 1.16 bits per heavy atom. The molecule has 19 heteroatoms. The maximum Gasteiger partial charge on any atom is 0.326 e. The smallest absolute Gasteiger partial charge is 0.326 e. The second-order valence-corrected chi connectivity index (χ2v) is 16.4. The van der Waals surface area contributed by atoms with Crippen molar-refractivity contribution in [3.63, 3.8) is 0 Å². The second kappa shape index (κ2) is 26.2. The van der Waals surface area contributed by atoms with E-state index in [4.69, 9.17) is 5.11 Å². The van der Waals surface area contributed by atoms with Crippen LogP contribution in [0.3, 0.4) is 0 Å². The van der Waals surface area contributed by atoms with Gasteiger partial charge in [-0.2, -0.15) is 0 Å². The Labute approximate surface area is 341 Å². The molecule has 0 aliphatic heterocycles. The van der Waals surface area contributed by atoms with Crippen LogP contribution in [0.1, 0.15) is 114 Å². The lowest BCUT2D eigenvalue weighted by Gasteiger charge is -2.29. The summed E-state index contributed by atoms with van der Waals surface area (Å²) in [7, 11) is 1.49. The third-order valence-electron chi connectivity index (χ3n) is 9.37. The highest BCUT2D eigenvalue weighted by Crippen LogP contribution is 2.14. The third-order valence-corrected chi connectivity index (χ3v) is 9.37. The van der Waals surface area contributed by atoms with Crippen molar-refractivity contribution in [2.45, 2.75) is 156 Å². The number of aliphatic carboxylic acids is 3. The molecule has 0 unspecified atom stereocenters. The van der Waals surface area contributed by atoms with Crippen LogP contribution in [0, 0.1) is 29.6 Å². The van der Waals surface area contributed by atoms with Crippen LogP contribution in [-0.4, -0.2) is 118 Å². The van der Waals surface area contributed by atoms with Crippen molar-refractivity contribution >= 4 is 53.4 Å². The molecule has 0 heterocycles. The van der Waals surface area contributed by atoms with Crippen molar-refractivity contribution < 1.29 is 58.5 Å².